The molecule has 1 rings (SSSR count). The Kier molecular flexibility index (Phi) is 4.93. The van der Waals surface area contributed by atoms with Crippen LogP contribution in [-0.2, 0) is 9.53 Å². The van der Waals surface area contributed by atoms with Gasteiger partial charge in [0.25, 0.3) is 0 Å². The van der Waals surface area contributed by atoms with Crippen LogP contribution in [0, 0.1) is 0 Å². The highest BCUT2D eigenvalue weighted by atomic mass is 32.2. The third-order valence-electron chi connectivity index (χ3n) is 2.79. The van der Waals surface area contributed by atoms with E-state index in [0.29, 0.717) is 11.2 Å². The fraction of sp³-hybridized carbons (Fsp3) is 0.909. The van der Waals surface area contributed by atoms with Crippen molar-refractivity contribution in [2.75, 3.05) is 32.5 Å². The molecule has 1 fully saturated rings. The van der Waals surface area contributed by atoms with E-state index in [1.165, 1.54) is 13.5 Å². The first kappa shape index (κ1) is 12.8. The van der Waals surface area contributed by atoms with E-state index < -0.39 is 0 Å². The summed E-state index contributed by atoms with van der Waals surface area (Å²) in [6.07, 6.45) is 1.71. The van der Waals surface area contributed by atoms with Crippen molar-refractivity contribution in [3.63, 3.8) is 0 Å². The van der Waals surface area contributed by atoms with Gasteiger partial charge in [0.1, 0.15) is 0 Å². The van der Waals surface area contributed by atoms with Gasteiger partial charge in [0.05, 0.1) is 13.5 Å². The predicted molar refractivity (Wildman–Crippen MR) is 64.2 cm³/mol. The molecular weight excluding hydrogens is 210 g/mol. The van der Waals surface area contributed by atoms with Gasteiger partial charge in [-0.25, -0.2) is 0 Å². The third kappa shape index (κ3) is 4.89. The number of nitrogens with zero attached hydrogens (tertiary/aromatic N) is 1. The van der Waals surface area contributed by atoms with Crippen LogP contribution in [0.25, 0.3) is 0 Å². The molecule has 1 aliphatic rings. The molecule has 0 unspecified atom stereocenters. The molecule has 0 radical (unpaired) electrons. The Hall–Kier alpha value is -0.220. The fourth-order valence-corrected chi connectivity index (χ4v) is 2.78. The van der Waals surface area contributed by atoms with Crippen LogP contribution in [0.5, 0.6) is 0 Å². The number of hydrogen-bond acceptors (Lipinski definition) is 4. The second-order valence-electron chi connectivity index (χ2n) is 4.53. The third-order valence-corrected chi connectivity index (χ3v) is 4.16. The van der Waals surface area contributed by atoms with E-state index in [4.69, 9.17) is 0 Å². The summed E-state index contributed by atoms with van der Waals surface area (Å²) in [5.41, 5.74) is 0. The molecule has 0 amide bonds. The average Bonchev–Trinajstić information content (AvgIpc) is 2.36. The van der Waals surface area contributed by atoms with Crippen molar-refractivity contribution in [3.05, 3.63) is 0 Å². The van der Waals surface area contributed by atoms with Gasteiger partial charge < -0.3 is 9.64 Å². The quantitative estimate of drug-likeness (QED) is 0.692. The van der Waals surface area contributed by atoms with Crippen LogP contribution in [0.2, 0.25) is 0 Å². The smallest absolute Gasteiger partial charge is 0.306 e. The van der Waals surface area contributed by atoms with Crippen LogP contribution >= 0.6 is 11.8 Å². The van der Waals surface area contributed by atoms with E-state index in [9.17, 15) is 4.79 Å². The van der Waals surface area contributed by atoms with Crippen LogP contribution in [0.3, 0.4) is 0 Å². The van der Waals surface area contributed by atoms with Gasteiger partial charge in [0, 0.05) is 23.6 Å². The normalized spacial score (nSPS) is 22.1. The highest BCUT2D eigenvalue weighted by Gasteiger charge is 2.23. The van der Waals surface area contributed by atoms with Crippen molar-refractivity contribution in [3.8, 4) is 0 Å². The number of carbonyl (C=O) groups excluding carboxylic acids is 1. The van der Waals surface area contributed by atoms with Crippen LogP contribution in [0.1, 0.15) is 26.7 Å². The number of ether oxygens (including phenoxy) is 1. The molecule has 0 N–H and O–H groups in total. The maximum Gasteiger partial charge on any atom is 0.306 e. The zero-order valence-electron chi connectivity index (χ0n) is 9.91. The van der Waals surface area contributed by atoms with E-state index in [-0.39, 0.29) is 5.97 Å². The molecule has 0 aliphatic carbocycles. The standard InChI is InChI=1S/C11H21NO2S/c1-11(2)5-7-12(8-9-15-11)6-4-10(13)14-3/h4-9H2,1-3H3. The van der Waals surface area contributed by atoms with E-state index in [2.05, 4.69) is 23.5 Å². The molecule has 1 heterocycles. The average molecular weight is 231 g/mol. The summed E-state index contributed by atoms with van der Waals surface area (Å²) < 4.78 is 5.03. The predicted octanol–water partition coefficient (Wildman–Crippen LogP) is 1.77. The Morgan fingerprint density at radius 3 is 2.87 bits per heavy atom. The molecule has 0 saturated carbocycles. The van der Waals surface area contributed by atoms with Gasteiger partial charge in [-0.15, -0.1) is 0 Å². The SMILES string of the molecule is COC(=O)CCN1CCSC(C)(C)CC1. The maximum absolute atomic E-state index is 11.0. The number of carbonyl (C=O) groups is 1. The van der Waals surface area contributed by atoms with E-state index in [1.54, 1.807) is 0 Å². The summed E-state index contributed by atoms with van der Waals surface area (Å²) >= 11 is 2.03. The summed E-state index contributed by atoms with van der Waals surface area (Å²) in [6.45, 7) is 7.61. The lowest BCUT2D eigenvalue weighted by Crippen LogP contribution is -2.29. The lowest BCUT2D eigenvalue weighted by molar-refractivity contribution is -0.140. The summed E-state index contributed by atoms with van der Waals surface area (Å²) in [6, 6.07) is 0. The summed E-state index contributed by atoms with van der Waals surface area (Å²) in [4.78, 5) is 13.4. The van der Waals surface area contributed by atoms with Crippen molar-refractivity contribution in [1.29, 1.82) is 0 Å². The zero-order chi connectivity index (χ0) is 11.3. The van der Waals surface area contributed by atoms with Gasteiger partial charge in [-0.3, -0.25) is 4.79 Å². The first-order valence-electron chi connectivity index (χ1n) is 5.47. The van der Waals surface area contributed by atoms with Crippen LogP contribution < -0.4 is 0 Å². The van der Waals surface area contributed by atoms with Crippen LogP contribution in [0.4, 0.5) is 0 Å². The Labute approximate surface area is 96.5 Å². The van der Waals surface area contributed by atoms with E-state index >= 15 is 0 Å². The van der Waals surface area contributed by atoms with Gasteiger partial charge >= 0.3 is 5.97 Å². The molecule has 3 nitrogen and oxygen atoms in total. The molecule has 1 aliphatic heterocycles. The second-order valence-corrected chi connectivity index (χ2v) is 6.33. The van der Waals surface area contributed by atoms with Crippen molar-refractivity contribution in [2.24, 2.45) is 0 Å². The molecule has 0 aromatic heterocycles. The number of thioether (sulfide) groups is 1. The van der Waals surface area contributed by atoms with Crippen molar-refractivity contribution in [1.82, 2.24) is 4.90 Å². The number of methoxy groups -OCH3 is 1. The molecule has 0 spiro atoms. The molecule has 15 heavy (non-hydrogen) atoms. The summed E-state index contributed by atoms with van der Waals surface area (Å²) in [7, 11) is 1.45. The first-order valence-corrected chi connectivity index (χ1v) is 6.45. The molecule has 1 saturated heterocycles. The molecule has 0 aromatic carbocycles. The minimum atomic E-state index is -0.105. The number of rotatable bonds is 3. The largest absolute Gasteiger partial charge is 0.469 e. The Morgan fingerprint density at radius 1 is 1.47 bits per heavy atom. The minimum absolute atomic E-state index is 0.105. The molecular formula is C11H21NO2S. The highest BCUT2D eigenvalue weighted by Crippen LogP contribution is 2.30. The fourth-order valence-electron chi connectivity index (χ4n) is 1.64. The molecule has 0 bridgehead atoms. The Balaban J connectivity index is 2.29. The lowest BCUT2D eigenvalue weighted by atomic mass is 10.1. The Bertz CT molecular complexity index is 219. The van der Waals surface area contributed by atoms with Gasteiger partial charge in [-0.05, 0) is 13.0 Å². The van der Waals surface area contributed by atoms with Crippen molar-refractivity contribution in [2.45, 2.75) is 31.4 Å². The molecule has 88 valence electrons. The topological polar surface area (TPSA) is 29.5 Å². The van der Waals surface area contributed by atoms with Crippen molar-refractivity contribution < 1.29 is 9.53 Å². The van der Waals surface area contributed by atoms with Gasteiger partial charge in [-0.1, -0.05) is 13.8 Å². The molecule has 0 aromatic rings. The number of esters is 1. The summed E-state index contributed by atoms with van der Waals surface area (Å²) in [5, 5.41) is 0. The van der Waals surface area contributed by atoms with Crippen LogP contribution in [-0.4, -0.2) is 48.1 Å². The Morgan fingerprint density at radius 2 is 2.20 bits per heavy atom. The van der Waals surface area contributed by atoms with E-state index in [1.807, 2.05) is 11.8 Å². The summed E-state index contributed by atoms with van der Waals surface area (Å²) in [5.74, 6) is 1.06. The van der Waals surface area contributed by atoms with Crippen LogP contribution in [0.15, 0.2) is 0 Å². The maximum atomic E-state index is 11.0. The highest BCUT2D eigenvalue weighted by molar-refractivity contribution is 8.00. The van der Waals surface area contributed by atoms with E-state index in [0.717, 1.165) is 25.4 Å². The van der Waals surface area contributed by atoms with Gasteiger partial charge in [0.15, 0.2) is 0 Å². The lowest BCUT2D eigenvalue weighted by Gasteiger charge is -2.22. The first-order chi connectivity index (χ1) is 7.03. The van der Waals surface area contributed by atoms with Gasteiger partial charge in [0.2, 0.25) is 0 Å². The molecule has 4 heteroatoms. The monoisotopic (exact) mass is 231 g/mol. The van der Waals surface area contributed by atoms with Crippen molar-refractivity contribution >= 4 is 17.7 Å². The number of hydrogen-bond donors (Lipinski definition) is 0. The minimum Gasteiger partial charge on any atom is -0.469 e. The molecule has 0 atom stereocenters. The second kappa shape index (κ2) is 5.75. The van der Waals surface area contributed by atoms with Gasteiger partial charge in [-0.2, -0.15) is 11.8 Å². The zero-order valence-corrected chi connectivity index (χ0v) is 10.7.